The van der Waals surface area contributed by atoms with E-state index in [9.17, 15) is 4.79 Å². The molecule has 0 aliphatic rings. The summed E-state index contributed by atoms with van der Waals surface area (Å²) in [6.07, 6.45) is 3.89. The molecule has 1 amide bonds. The Balaban J connectivity index is 1.56. The summed E-state index contributed by atoms with van der Waals surface area (Å²) in [5.74, 6) is 0.855. The van der Waals surface area contributed by atoms with Crippen molar-refractivity contribution >= 4 is 16.9 Å². The number of fused-ring (bicyclic) bond motifs is 1. The summed E-state index contributed by atoms with van der Waals surface area (Å²) in [5.41, 5.74) is 6.46. The van der Waals surface area contributed by atoms with E-state index in [4.69, 9.17) is 4.98 Å². The van der Waals surface area contributed by atoms with Gasteiger partial charge in [0, 0.05) is 31.9 Å². The Kier molecular flexibility index (Phi) is 5.38. The molecule has 1 N–H and O–H groups in total. The van der Waals surface area contributed by atoms with Gasteiger partial charge in [-0.05, 0) is 49.2 Å². The minimum atomic E-state index is -0.115. The predicted molar refractivity (Wildman–Crippen MR) is 115 cm³/mol. The minimum absolute atomic E-state index is 0.115. The molecule has 4 rings (SSSR count). The molecule has 0 aliphatic heterocycles. The van der Waals surface area contributed by atoms with Gasteiger partial charge in [0.2, 0.25) is 0 Å². The number of pyridine rings is 1. The maximum absolute atomic E-state index is 12.3. The van der Waals surface area contributed by atoms with Crippen molar-refractivity contribution in [3.05, 3.63) is 95.1 Å². The van der Waals surface area contributed by atoms with Crippen LogP contribution in [0, 0.1) is 13.8 Å². The van der Waals surface area contributed by atoms with Gasteiger partial charge in [-0.15, -0.1) is 0 Å². The smallest absolute Gasteiger partial charge is 0.252 e. The third-order valence-corrected chi connectivity index (χ3v) is 5.12. The van der Waals surface area contributed by atoms with Gasteiger partial charge in [-0.25, -0.2) is 4.98 Å². The van der Waals surface area contributed by atoms with Crippen LogP contribution in [0.25, 0.3) is 11.0 Å². The van der Waals surface area contributed by atoms with Gasteiger partial charge in [0.05, 0.1) is 16.6 Å². The summed E-state index contributed by atoms with van der Waals surface area (Å²) >= 11 is 0. The lowest BCUT2D eigenvalue weighted by Gasteiger charge is -2.13. The van der Waals surface area contributed by atoms with E-state index in [1.165, 1.54) is 16.7 Å². The highest BCUT2D eigenvalue weighted by atomic mass is 16.1. The zero-order chi connectivity index (χ0) is 20.2. The fourth-order valence-electron chi connectivity index (χ4n) is 3.52. The monoisotopic (exact) mass is 384 g/mol. The molecule has 2 aromatic heterocycles. The molecule has 2 aromatic carbocycles. The van der Waals surface area contributed by atoms with Crippen LogP contribution in [0.15, 0.2) is 67.0 Å². The van der Waals surface area contributed by atoms with Crippen LogP contribution >= 0.6 is 0 Å². The van der Waals surface area contributed by atoms with Crippen LogP contribution in [0.3, 0.4) is 0 Å². The molecule has 0 atom stereocenters. The summed E-state index contributed by atoms with van der Waals surface area (Å²) in [5, 5.41) is 2.97. The largest absolute Gasteiger partial charge is 0.352 e. The van der Waals surface area contributed by atoms with Gasteiger partial charge in [-0.2, -0.15) is 0 Å². The highest BCUT2D eigenvalue weighted by Crippen LogP contribution is 2.20. The zero-order valence-corrected chi connectivity index (χ0v) is 16.7. The molecule has 0 aliphatic carbocycles. The summed E-state index contributed by atoms with van der Waals surface area (Å²) in [6, 6.07) is 18.2. The SMILES string of the molecule is Cc1ccc(C)c(Cn2c(CCNC(=O)c3cccnc3)nc3ccccc32)c1. The molecular formula is C24H24N4O. The average Bonchev–Trinajstić information content (AvgIpc) is 3.08. The van der Waals surface area contributed by atoms with Crippen molar-refractivity contribution in [1.29, 1.82) is 0 Å². The van der Waals surface area contributed by atoms with Crippen LogP contribution in [0.4, 0.5) is 0 Å². The van der Waals surface area contributed by atoms with E-state index < -0.39 is 0 Å². The Bertz CT molecular complexity index is 1150. The Morgan fingerprint density at radius 3 is 2.76 bits per heavy atom. The molecule has 0 saturated carbocycles. The van der Waals surface area contributed by atoms with Crippen molar-refractivity contribution in [3.63, 3.8) is 0 Å². The van der Waals surface area contributed by atoms with Crippen molar-refractivity contribution in [2.24, 2.45) is 0 Å². The van der Waals surface area contributed by atoms with Crippen LogP contribution in [0.2, 0.25) is 0 Å². The molecule has 4 aromatic rings. The first-order valence-electron chi connectivity index (χ1n) is 9.80. The Morgan fingerprint density at radius 2 is 1.93 bits per heavy atom. The highest BCUT2D eigenvalue weighted by Gasteiger charge is 2.13. The van der Waals surface area contributed by atoms with E-state index in [-0.39, 0.29) is 5.91 Å². The molecule has 29 heavy (non-hydrogen) atoms. The van der Waals surface area contributed by atoms with Crippen LogP contribution in [-0.2, 0) is 13.0 Å². The number of aryl methyl sites for hydroxylation is 2. The van der Waals surface area contributed by atoms with Gasteiger partial charge in [-0.1, -0.05) is 35.9 Å². The van der Waals surface area contributed by atoms with Crippen LogP contribution in [0.5, 0.6) is 0 Å². The van der Waals surface area contributed by atoms with E-state index in [0.29, 0.717) is 18.5 Å². The number of para-hydroxylation sites is 2. The Morgan fingerprint density at radius 1 is 1.07 bits per heavy atom. The number of nitrogens with zero attached hydrogens (tertiary/aromatic N) is 3. The molecule has 2 heterocycles. The lowest BCUT2D eigenvalue weighted by molar-refractivity contribution is 0.0953. The molecule has 0 radical (unpaired) electrons. The number of benzene rings is 2. The molecule has 0 unspecified atom stereocenters. The van der Waals surface area contributed by atoms with Gasteiger partial charge < -0.3 is 9.88 Å². The Hall–Kier alpha value is -3.47. The van der Waals surface area contributed by atoms with Crippen molar-refractivity contribution in [3.8, 4) is 0 Å². The number of carbonyl (C=O) groups excluding carboxylic acids is 1. The fourth-order valence-corrected chi connectivity index (χ4v) is 3.52. The first-order chi connectivity index (χ1) is 14.1. The van der Waals surface area contributed by atoms with E-state index in [1.54, 1.807) is 24.5 Å². The first kappa shape index (κ1) is 18.9. The number of amides is 1. The van der Waals surface area contributed by atoms with E-state index >= 15 is 0 Å². The van der Waals surface area contributed by atoms with Gasteiger partial charge in [-0.3, -0.25) is 9.78 Å². The molecule has 5 heteroatoms. The van der Waals surface area contributed by atoms with Gasteiger partial charge in [0.1, 0.15) is 5.82 Å². The molecular weight excluding hydrogens is 360 g/mol. The third-order valence-electron chi connectivity index (χ3n) is 5.12. The number of carbonyl (C=O) groups is 1. The quantitative estimate of drug-likeness (QED) is 0.545. The maximum Gasteiger partial charge on any atom is 0.252 e. The fraction of sp³-hybridized carbons (Fsp3) is 0.208. The van der Waals surface area contributed by atoms with E-state index in [0.717, 1.165) is 23.4 Å². The molecule has 5 nitrogen and oxygen atoms in total. The second-order valence-corrected chi connectivity index (χ2v) is 7.28. The normalized spacial score (nSPS) is 11.0. The summed E-state index contributed by atoms with van der Waals surface area (Å²) in [4.78, 5) is 21.1. The molecule has 0 saturated heterocycles. The van der Waals surface area contributed by atoms with E-state index in [2.05, 4.69) is 53.0 Å². The van der Waals surface area contributed by atoms with Crippen LogP contribution < -0.4 is 5.32 Å². The highest BCUT2D eigenvalue weighted by molar-refractivity contribution is 5.93. The topological polar surface area (TPSA) is 59.8 Å². The van der Waals surface area contributed by atoms with Crippen molar-refractivity contribution in [2.45, 2.75) is 26.8 Å². The molecule has 146 valence electrons. The van der Waals surface area contributed by atoms with E-state index in [1.807, 2.05) is 18.2 Å². The lowest BCUT2D eigenvalue weighted by Crippen LogP contribution is -2.26. The standard InChI is InChI=1S/C24H24N4O/c1-17-9-10-18(2)20(14-17)16-28-22-8-4-3-7-21(22)27-23(28)11-13-26-24(29)19-6-5-12-25-15-19/h3-10,12,14-15H,11,13,16H2,1-2H3,(H,26,29). The average molecular weight is 384 g/mol. The Labute approximate surface area is 170 Å². The number of nitrogens with one attached hydrogen (secondary N) is 1. The minimum Gasteiger partial charge on any atom is -0.352 e. The predicted octanol–water partition coefficient (Wildman–Crippen LogP) is 4.07. The maximum atomic E-state index is 12.3. The van der Waals surface area contributed by atoms with Crippen molar-refractivity contribution in [2.75, 3.05) is 6.54 Å². The number of imidazole rings is 1. The number of rotatable bonds is 6. The summed E-state index contributed by atoms with van der Waals surface area (Å²) in [6.45, 7) is 5.54. The third kappa shape index (κ3) is 4.19. The van der Waals surface area contributed by atoms with Gasteiger partial charge in [0.25, 0.3) is 5.91 Å². The van der Waals surface area contributed by atoms with Crippen LogP contribution in [0.1, 0.15) is 32.9 Å². The second-order valence-electron chi connectivity index (χ2n) is 7.28. The van der Waals surface area contributed by atoms with Crippen molar-refractivity contribution in [1.82, 2.24) is 19.9 Å². The molecule has 0 fully saturated rings. The lowest BCUT2D eigenvalue weighted by atomic mass is 10.1. The summed E-state index contributed by atoms with van der Waals surface area (Å²) < 4.78 is 2.26. The number of aromatic nitrogens is 3. The zero-order valence-electron chi connectivity index (χ0n) is 16.7. The summed E-state index contributed by atoms with van der Waals surface area (Å²) in [7, 11) is 0. The number of hydrogen-bond donors (Lipinski definition) is 1. The van der Waals surface area contributed by atoms with Gasteiger partial charge in [0.15, 0.2) is 0 Å². The molecule has 0 spiro atoms. The molecule has 0 bridgehead atoms. The van der Waals surface area contributed by atoms with Crippen molar-refractivity contribution < 1.29 is 4.79 Å². The first-order valence-corrected chi connectivity index (χ1v) is 9.80. The van der Waals surface area contributed by atoms with Crippen LogP contribution in [-0.4, -0.2) is 27.0 Å². The van der Waals surface area contributed by atoms with Gasteiger partial charge >= 0.3 is 0 Å². The second kappa shape index (κ2) is 8.27. The number of hydrogen-bond acceptors (Lipinski definition) is 3.